The normalized spacial score (nSPS) is 12.3. The molecule has 0 bridgehead atoms. The Morgan fingerprint density at radius 2 is 2.11 bits per heavy atom. The van der Waals surface area contributed by atoms with Crippen LogP contribution in [0.3, 0.4) is 0 Å². The van der Waals surface area contributed by atoms with E-state index in [1.54, 1.807) is 36.7 Å². The van der Waals surface area contributed by atoms with Crippen molar-refractivity contribution in [1.82, 2.24) is 10.3 Å². The zero-order valence-corrected chi connectivity index (χ0v) is 9.95. The van der Waals surface area contributed by atoms with Crippen molar-refractivity contribution in [3.63, 3.8) is 0 Å². The van der Waals surface area contributed by atoms with Crippen LogP contribution < -0.4 is 5.32 Å². The zero-order valence-electron chi connectivity index (χ0n) is 9.95. The van der Waals surface area contributed by atoms with Crippen LogP contribution in [0.2, 0.25) is 0 Å². The Hall–Kier alpha value is -1.91. The lowest BCUT2D eigenvalue weighted by Crippen LogP contribution is -2.21. The minimum Gasteiger partial charge on any atom is -0.508 e. The maximum atomic E-state index is 9.93. The molecule has 0 spiro atoms. The SMILES string of the molecule is Oc1cccc([C@@H](O)CNCc2cccnc2)c1. The van der Waals surface area contributed by atoms with Crippen molar-refractivity contribution < 1.29 is 10.2 Å². The van der Waals surface area contributed by atoms with Crippen LogP contribution in [0.15, 0.2) is 48.8 Å². The van der Waals surface area contributed by atoms with Crippen LogP contribution in [-0.2, 0) is 6.54 Å². The van der Waals surface area contributed by atoms with E-state index >= 15 is 0 Å². The highest BCUT2D eigenvalue weighted by Gasteiger charge is 2.07. The van der Waals surface area contributed by atoms with Gasteiger partial charge >= 0.3 is 0 Å². The maximum Gasteiger partial charge on any atom is 0.115 e. The average Bonchev–Trinajstić information content (AvgIpc) is 2.40. The van der Waals surface area contributed by atoms with Crippen molar-refractivity contribution in [2.75, 3.05) is 6.54 Å². The molecule has 0 saturated carbocycles. The molecule has 94 valence electrons. The van der Waals surface area contributed by atoms with Gasteiger partial charge in [0.1, 0.15) is 5.75 Å². The molecular formula is C14H16N2O2. The highest BCUT2D eigenvalue weighted by Crippen LogP contribution is 2.17. The first-order valence-electron chi connectivity index (χ1n) is 5.82. The number of benzene rings is 1. The Bertz CT molecular complexity index is 488. The monoisotopic (exact) mass is 244 g/mol. The molecule has 0 aliphatic carbocycles. The van der Waals surface area contributed by atoms with Gasteiger partial charge in [-0.2, -0.15) is 0 Å². The van der Waals surface area contributed by atoms with E-state index in [1.165, 1.54) is 0 Å². The summed E-state index contributed by atoms with van der Waals surface area (Å²) in [6.07, 6.45) is 2.88. The Balaban J connectivity index is 1.83. The minimum absolute atomic E-state index is 0.166. The van der Waals surface area contributed by atoms with Crippen molar-refractivity contribution in [2.45, 2.75) is 12.6 Å². The van der Waals surface area contributed by atoms with Gasteiger partial charge in [-0.15, -0.1) is 0 Å². The van der Waals surface area contributed by atoms with E-state index in [-0.39, 0.29) is 5.75 Å². The van der Waals surface area contributed by atoms with Crippen LogP contribution in [0.1, 0.15) is 17.2 Å². The molecule has 0 radical (unpaired) electrons. The van der Waals surface area contributed by atoms with Gasteiger partial charge in [-0.25, -0.2) is 0 Å². The van der Waals surface area contributed by atoms with Crippen LogP contribution in [0.4, 0.5) is 0 Å². The highest BCUT2D eigenvalue weighted by molar-refractivity contribution is 5.28. The smallest absolute Gasteiger partial charge is 0.115 e. The van der Waals surface area contributed by atoms with E-state index in [2.05, 4.69) is 10.3 Å². The number of pyridine rings is 1. The van der Waals surface area contributed by atoms with Gasteiger partial charge in [-0.3, -0.25) is 4.98 Å². The van der Waals surface area contributed by atoms with E-state index in [0.29, 0.717) is 18.7 Å². The second-order valence-electron chi connectivity index (χ2n) is 4.10. The van der Waals surface area contributed by atoms with Gasteiger partial charge in [0.25, 0.3) is 0 Å². The molecule has 1 atom stereocenters. The highest BCUT2D eigenvalue weighted by atomic mass is 16.3. The molecule has 18 heavy (non-hydrogen) atoms. The minimum atomic E-state index is -0.631. The number of rotatable bonds is 5. The molecule has 0 aliphatic heterocycles. The first-order valence-corrected chi connectivity index (χ1v) is 5.82. The van der Waals surface area contributed by atoms with Crippen LogP contribution in [0.5, 0.6) is 5.75 Å². The third-order valence-electron chi connectivity index (χ3n) is 2.64. The molecule has 2 aromatic rings. The fourth-order valence-corrected chi connectivity index (χ4v) is 1.71. The predicted octanol–water partition coefficient (Wildman–Crippen LogP) is 1.61. The van der Waals surface area contributed by atoms with E-state index in [0.717, 1.165) is 5.56 Å². The molecule has 4 heteroatoms. The number of aromatic nitrogens is 1. The van der Waals surface area contributed by atoms with E-state index < -0.39 is 6.10 Å². The summed E-state index contributed by atoms with van der Waals surface area (Å²) in [6, 6.07) is 10.5. The number of aromatic hydroxyl groups is 1. The Labute approximate surface area is 106 Å². The van der Waals surface area contributed by atoms with Crippen LogP contribution in [0.25, 0.3) is 0 Å². The summed E-state index contributed by atoms with van der Waals surface area (Å²) in [6.45, 7) is 1.09. The van der Waals surface area contributed by atoms with Crippen LogP contribution in [0, 0.1) is 0 Å². The van der Waals surface area contributed by atoms with Gasteiger partial charge in [0.15, 0.2) is 0 Å². The Morgan fingerprint density at radius 3 is 2.83 bits per heavy atom. The lowest BCUT2D eigenvalue weighted by molar-refractivity contribution is 0.174. The lowest BCUT2D eigenvalue weighted by Gasteiger charge is -2.12. The zero-order chi connectivity index (χ0) is 12.8. The summed E-state index contributed by atoms with van der Waals surface area (Å²) >= 11 is 0. The number of aliphatic hydroxyl groups is 1. The second kappa shape index (κ2) is 6.14. The van der Waals surface area contributed by atoms with Crippen molar-refractivity contribution >= 4 is 0 Å². The van der Waals surface area contributed by atoms with Gasteiger partial charge in [-0.1, -0.05) is 18.2 Å². The Kier molecular flexibility index (Phi) is 4.28. The van der Waals surface area contributed by atoms with Crippen LogP contribution in [-0.4, -0.2) is 21.7 Å². The summed E-state index contributed by atoms with van der Waals surface area (Å²) in [5.74, 6) is 0.166. The fourth-order valence-electron chi connectivity index (χ4n) is 1.71. The van der Waals surface area contributed by atoms with Crippen molar-refractivity contribution in [3.05, 3.63) is 59.9 Å². The molecule has 1 heterocycles. The maximum absolute atomic E-state index is 9.93. The second-order valence-corrected chi connectivity index (χ2v) is 4.10. The third-order valence-corrected chi connectivity index (χ3v) is 2.64. The molecule has 0 saturated heterocycles. The average molecular weight is 244 g/mol. The summed E-state index contributed by atoms with van der Waals surface area (Å²) in [5, 5.41) is 22.4. The molecule has 4 nitrogen and oxygen atoms in total. The summed E-state index contributed by atoms with van der Waals surface area (Å²) in [4.78, 5) is 4.02. The number of hydrogen-bond donors (Lipinski definition) is 3. The number of nitrogens with one attached hydrogen (secondary N) is 1. The summed E-state index contributed by atoms with van der Waals surface area (Å²) in [7, 11) is 0. The number of nitrogens with zero attached hydrogens (tertiary/aromatic N) is 1. The van der Waals surface area contributed by atoms with Gasteiger partial charge < -0.3 is 15.5 Å². The predicted molar refractivity (Wildman–Crippen MR) is 69.0 cm³/mol. The van der Waals surface area contributed by atoms with Crippen molar-refractivity contribution in [1.29, 1.82) is 0 Å². The number of hydrogen-bond acceptors (Lipinski definition) is 4. The molecule has 0 aliphatic rings. The molecule has 1 aromatic heterocycles. The molecule has 1 aromatic carbocycles. The van der Waals surface area contributed by atoms with Gasteiger partial charge in [0.2, 0.25) is 0 Å². The first kappa shape index (κ1) is 12.5. The Morgan fingerprint density at radius 1 is 1.22 bits per heavy atom. The molecule has 0 fully saturated rings. The first-order chi connectivity index (χ1) is 8.75. The van der Waals surface area contributed by atoms with Crippen LogP contribution >= 0.6 is 0 Å². The summed E-state index contributed by atoms with van der Waals surface area (Å²) < 4.78 is 0. The van der Waals surface area contributed by atoms with E-state index in [1.807, 2.05) is 12.1 Å². The van der Waals surface area contributed by atoms with E-state index in [9.17, 15) is 10.2 Å². The molecule has 3 N–H and O–H groups in total. The van der Waals surface area contributed by atoms with Gasteiger partial charge in [-0.05, 0) is 29.3 Å². The topological polar surface area (TPSA) is 65.4 Å². The third kappa shape index (κ3) is 3.55. The number of aliphatic hydroxyl groups excluding tert-OH is 1. The molecule has 2 rings (SSSR count). The molecule has 0 unspecified atom stereocenters. The summed E-state index contributed by atoms with van der Waals surface area (Å²) in [5.41, 5.74) is 1.77. The number of phenolic OH excluding ortho intramolecular Hbond substituents is 1. The molecular weight excluding hydrogens is 228 g/mol. The van der Waals surface area contributed by atoms with Gasteiger partial charge in [0, 0.05) is 25.5 Å². The van der Waals surface area contributed by atoms with Gasteiger partial charge in [0.05, 0.1) is 6.10 Å². The molecule has 0 amide bonds. The van der Waals surface area contributed by atoms with Crippen molar-refractivity contribution in [3.8, 4) is 5.75 Å². The quantitative estimate of drug-likeness (QED) is 0.747. The lowest BCUT2D eigenvalue weighted by atomic mass is 10.1. The standard InChI is InChI=1S/C14H16N2O2/c17-13-5-1-4-12(7-13)14(18)10-16-9-11-3-2-6-15-8-11/h1-8,14,16-18H,9-10H2/t14-/m0/s1. The fraction of sp³-hybridized carbons (Fsp3) is 0.214. The van der Waals surface area contributed by atoms with Crippen molar-refractivity contribution in [2.24, 2.45) is 0 Å². The number of phenols is 1. The van der Waals surface area contributed by atoms with E-state index in [4.69, 9.17) is 0 Å². The largest absolute Gasteiger partial charge is 0.508 e.